The van der Waals surface area contributed by atoms with Crippen molar-refractivity contribution >= 4 is 44.5 Å². The molecular formula is C20H20BrN3O2S. The number of aliphatic hydroxyl groups excluding tert-OH is 1. The van der Waals surface area contributed by atoms with Crippen molar-refractivity contribution in [1.82, 2.24) is 5.32 Å². The molecule has 140 valence electrons. The molecule has 2 aromatic rings. The molecule has 0 radical (unpaired) electrons. The van der Waals surface area contributed by atoms with Crippen LogP contribution >= 0.6 is 27.7 Å². The van der Waals surface area contributed by atoms with Crippen LogP contribution < -0.4 is 10.6 Å². The molecule has 5 nitrogen and oxygen atoms in total. The van der Waals surface area contributed by atoms with E-state index in [-0.39, 0.29) is 5.91 Å². The van der Waals surface area contributed by atoms with Crippen molar-refractivity contribution in [3.8, 4) is 0 Å². The summed E-state index contributed by atoms with van der Waals surface area (Å²) in [5.41, 5.74) is 3.52. The van der Waals surface area contributed by atoms with Gasteiger partial charge in [-0.15, -0.1) is 0 Å². The van der Waals surface area contributed by atoms with Gasteiger partial charge >= 0.3 is 0 Å². The molecule has 0 fully saturated rings. The first-order valence-corrected chi connectivity index (χ1v) is 10.7. The fraction of sp³-hybridized carbons (Fsp3) is 0.300. The number of aliphatic imine (C=N–C) groups is 1. The molecule has 27 heavy (non-hydrogen) atoms. The lowest BCUT2D eigenvalue weighted by atomic mass is 10.1. The van der Waals surface area contributed by atoms with E-state index in [2.05, 4.69) is 31.6 Å². The van der Waals surface area contributed by atoms with Gasteiger partial charge in [0.05, 0.1) is 12.1 Å². The summed E-state index contributed by atoms with van der Waals surface area (Å²) in [5.74, 6) is 0.881. The van der Waals surface area contributed by atoms with E-state index < -0.39 is 12.1 Å². The van der Waals surface area contributed by atoms with Crippen LogP contribution in [0.15, 0.2) is 51.9 Å². The van der Waals surface area contributed by atoms with Gasteiger partial charge in [-0.1, -0.05) is 33.8 Å². The maximum absolute atomic E-state index is 12.6. The van der Waals surface area contributed by atoms with Crippen LogP contribution in [-0.4, -0.2) is 34.6 Å². The summed E-state index contributed by atoms with van der Waals surface area (Å²) in [6.45, 7) is 0.852. The molecule has 7 heteroatoms. The molecule has 1 amide bonds. The summed E-state index contributed by atoms with van der Waals surface area (Å²) in [5, 5.41) is 17.8. The lowest BCUT2D eigenvalue weighted by Crippen LogP contribution is -2.33. The monoisotopic (exact) mass is 445 g/mol. The SMILES string of the molecule is O=C(NC1c2cc(NC3=NCCCS3)ccc2CC1O)c1ccc(Br)cc1. The van der Waals surface area contributed by atoms with Crippen LogP contribution in [0.3, 0.4) is 0 Å². The third-order valence-corrected chi connectivity index (χ3v) is 6.26. The van der Waals surface area contributed by atoms with E-state index in [1.165, 1.54) is 0 Å². The predicted octanol–water partition coefficient (Wildman–Crippen LogP) is 3.74. The maximum Gasteiger partial charge on any atom is 0.251 e. The highest BCUT2D eigenvalue weighted by atomic mass is 79.9. The molecule has 0 saturated heterocycles. The van der Waals surface area contributed by atoms with Gasteiger partial charge in [-0.2, -0.15) is 0 Å². The number of anilines is 1. The van der Waals surface area contributed by atoms with E-state index in [1.807, 2.05) is 30.3 Å². The third kappa shape index (κ3) is 4.20. The van der Waals surface area contributed by atoms with Crippen LogP contribution in [0.5, 0.6) is 0 Å². The average Bonchev–Trinajstić information content (AvgIpc) is 2.98. The molecule has 2 aromatic carbocycles. The second-order valence-corrected chi connectivity index (χ2v) is 8.66. The Morgan fingerprint density at radius 2 is 2.04 bits per heavy atom. The van der Waals surface area contributed by atoms with Crippen LogP contribution in [0.1, 0.15) is 33.9 Å². The van der Waals surface area contributed by atoms with E-state index in [1.54, 1.807) is 23.9 Å². The average molecular weight is 446 g/mol. The number of halogens is 1. The highest BCUT2D eigenvalue weighted by Crippen LogP contribution is 2.34. The van der Waals surface area contributed by atoms with Crippen LogP contribution in [0.4, 0.5) is 5.69 Å². The van der Waals surface area contributed by atoms with Gasteiger partial charge in [-0.3, -0.25) is 9.79 Å². The van der Waals surface area contributed by atoms with E-state index in [4.69, 9.17) is 0 Å². The predicted molar refractivity (Wildman–Crippen MR) is 114 cm³/mol. The summed E-state index contributed by atoms with van der Waals surface area (Å²) in [4.78, 5) is 17.1. The van der Waals surface area contributed by atoms with Crippen molar-refractivity contribution in [1.29, 1.82) is 0 Å². The molecule has 0 aromatic heterocycles. The third-order valence-electron chi connectivity index (χ3n) is 4.74. The lowest BCUT2D eigenvalue weighted by Gasteiger charge is -2.19. The van der Waals surface area contributed by atoms with Crippen LogP contribution in [0.25, 0.3) is 0 Å². The van der Waals surface area contributed by atoms with Gasteiger partial charge < -0.3 is 15.7 Å². The minimum absolute atomic E-state index is 0.190. The largest absolute Gasteiger partial charge is 0.390 e. The van der Waals surface area contributed by atoms with Gasteiger partial charge in [-0.25, -0.2) is 0 Å². The van der Waals surface area contributed by atoms with Crippen LogP contribution in [-0.2, 0) is 6.42 Å². The number of carbonyl (C=O) groups is 1. The number of amidine groups is 1. The second-order valence-electron chi connectivity index (χ2n) is 6.66. The minimum Gasteiger partial charge on any atom is -0.390 e. The Morgan fingerprint density at radius 3 is 2.78 bits per heavy atom. The fourth-order valence-electron chi connectivity index (χ4n) is 3.36. The van der Waals surface area contributed by atoms with Gasteiger partial charge in [0.1, 0.15) is 0 Å². The summed E-state index contributed by atoms with van der Waals surface area (Å²) in [7, 11) is 0. The van der Waals surface area contributed by atoms with Crippen LogP contribution in [0.2, 0.25) is 0 Å². The number of amides is 1. The number of nitrogens with one attached hydrogen (secondary N) is 2. The summed E-state index contributed by atoms with van der Waals surface area (Å²) >= 11 is 5.09. The summed E-state index contributed by atoms with van der Waals surface area (Å²) in [6.07, 6.45) is 1.02. The zero-order chi connectivity index (χ0) is 18.8. The summed E-state index contributed by atoms with van der Waals surface area (Å²) in [6, 6.07) is 12.8. The highest BCUT2D eigenvalue weighted by Gasteiger charge is 2.32. The van der Waals surface area contributed by atoms with Gasteiger partial charge in [0.2, 0.25) is 0 Å². The Hall–Kier alpha value is -1.83. The molecule has 3 N–H and O–H groups in total. The zero-order valence-corrected chi connectivity index (χ0v) is 17.0. The van der Waals surface area contributed by atoms with Crippen molar-refractivity contribution < 1.29 is 9.90 Å². The number of aliphatic hydroxyl groups is 1. The summed E-state index contributed by atoms with van der Waals surface area (Å²) < 4.78 is 0.921. The van der Waals surface area contributed by atoms with Gasteiger partial charge in [0.15, 0.2) is 5.17 Å². The number of fused-ring (bicyclic) bond motifs is 1. The molecule has 1 heterocycles. The Kier molecular flexibility index (Phi) is 5.52. The molecule has 0 bridgehead atoms. The van der Waals surface area contributed by atoms with Crippen molar-refractivity contribution in [2.75, 3.05) is 17.6 Å². The van der Waals surface area contributed by atoms with E-state index >= 15 is 0 Å². The molecule has 0 spiro atoms. The van der Waals surface area contributed by atoms with Gasteiger partial charge in [-0.05, 0) is 53.9 Å². The van der Waals surface area contributed by atoms with Crippen molar-refractivity contribution in [3.05, 3.63) is 63.6 Å². The standard InChI is InChI=1S/C20H20BrN3O2S/c21-14-5-2-12(3-6-14)19(26)24-18-16-11-15(7-4-13(16)10-17(18)25)23-20-22-8-1-9-27-20/h2-7,11,17-18,25H,1,8-10H2,(H,22,23)(H,24,26). The smallest absolute Gasteiger partial charge is 0.251 e. The number of thioether (sulfide) groups is 1. The first-order valence-electron chi connectivity index (χ1n) is 8.92. The Bertz CT molecular complexity index is 885. The quantitative estimate of drug-likeness (QED) is 0.672. The normalized spacial score (nSPS) is 21.3. The Labute approximate surface area is 170 Å². The molecule has 1 aliphatic carbocycles. The van der Waals surface area contributed by atoms with Crippen molar-refractivity contribution in [3.63, 3.8) is 0 Å². The molecule has 2 atom stereocenters. The molecule has 2 aliphatic rings. The van der Waals surface area contributed by atoms with Gasteiger partial charge in [0.25, 0.3) is 5.91 Å². The second kappa shape index (κ2) is 8.04. The number of hydrogen-bond acceptors (Lipinski definition) is 5. The van der Waals surface area contributed by atoms with Crippen molar-refractivity contribution in [2.45, 2.75) is 25.0 Å². The van der Waals surface area contributed by atoms with Crippen molar-refractivity contribution in [2.24, 2.45) is 4.99 Å². The first kappa shape index (κ1) is 18.5. The number of nitrogens with zero attached hydrogens (tertiary/aromatic N) is 1. The first-order chi connectivity index (χ1) is 13.1. The molecule has 1 aliphatic heterocycles. The number of rotatable bonds is 3. The zero-order valence-electron chi connectivity index (χ0n) is 14.6. The van der Waals surface area contributed by atoms with E-state index in [0.717, 1.165) is 45.2 Å². The minimum atomic E-state index is -0.629. The molecular weight excluding hydrogens is 426 g/mol. The topological polar surface area (TPSA) is 73.7 Å². The number of hydrogen-bond donors (Lipinski definition) is 3. The number of benzene rings is 2. The highest BCUT2D eigenvalue weighted by molar-refractivity contribution is 9.10. The number of carbonyl (C=O) groups excluding carboxylic acids is 1. The molecule has 2 unspecified atom stereocenters. The fourth-order valence-corrected chi connectivity index (χ4v) is 4.46. The Balaban J connectivity index is 1.53. The molecule has 0 saturated carbocycles. The van der Waals surface area contributed by atoms with E-state index in [0.29, 0.717) is 12.0 Å². The van der Waals surface area contributed by atoms with Crippen LogP contribution in [0, 0.1) is 0 Å². The van der Waals surface area contributed by atoms with Gasteiger partial charge in [0, 0.05) is 34.4 Å². The molecule has 4 rings (SSSR count). The van der Waals surface area contributed by atoms with E-state index in [9.17, 15) is 9.90 Å². The lowest BCUT2D eigenvalue weighted by molar-refractivity contribution is 0.0858. The maximum atomic E-state index is 12.6. The Morgan fingerprint density at radius 1 is 1.22 bits per heavy atom.